The highest BCUT2D eigenvalue weighted by atomic mass is 16.5. The molecule has 1 aromatic rings. The Kier molecular flexibility index (Phi) is 3.90. The topological polar surface area (TPSA) is 67.6 Å². The summed E-state index contributed by atoms with van der Waals surface area (Å²) in [6.07, 6.45) is 1.51. The van der Waals surface area contributed by atoms with Gasteiger partial charge in [-0.15, -0.1) is 0 Å². The van der Waals surface area contributed by atoms with Crippen LogP contribution in [0.5, 0.6) is 0 Å². The molecule has 1 aliphatic rings. The van der Waals surface area contributed by atoms with Crippen LogP contribution in [0.4, 0.5) is 0 Å². The average Bonchev–Trinajstić information content (AvgIpc) is 2.83. The molecule has 16 heavy (non-hydrogen) atoms. The summed E-state index contributed by atoms with van der Waals surface area (Å²) in [6, 6.07) is 1.77. The number of morpholine rings is 1. The number of carbonyl (C=O) groups excluding carboxylic acids is 1. The largest absolute Gasteiger partial charge is 0.378 e. The molecule has 0 aliphatic carbocycles. The number of hydrogen-bond acceptors (Lipinski definition) is 5. The van der Waals surface area contributed by atoms with Gasteiger partial charge in [0, 0.05) is 25.7 Å². The molecule has 6 heteroatoms. The van der Waals surface area contributed by atoms with Crippen molar-refractivity contribution in [3.8, 4) is 0 Å². The lowest BCUT2D eigenvalue weighted by Gasteiger charge is -2.26. The number of rotatable bonds is 4. The van der Waals surface area contributed by atoms with Crippen LogP contribution in [0.3, 0.4) is 0 Å². The standard InChI is InChI=1S/C10H15N3O3/c14-10(13-2-5-15-6-3-13)8-11-7-9-1-4-16-12-9/h1,4,11H,2-3,5-8H2. The van der Waals surface area contributed by atoms with Gasteiger partial charge in [0.2, 0.25) is 5.91 Å². The Balaban J connectivity index is 1.67. The fourth-order valence-corrected chi connectivity index (χ4v) is 1.55. The number of hydrogen-bond donors (Lipinski definition) is 1. The maximum absolute atomic E-state index is 11.7. The molecule has 2 heterocycles. The zero-order valence-electron chi connectivity index (χ0n) is 9.02. The summed E-state index contributed by atoms with van der Waals surface area (Å²) in [7, 11) is 0. The molecule has 0 radical (unpaired) electrons. The first-order valence-corrected chi connectivity index (χ1v) is 5.32. The Hall–Kier alpha value is -1.40. The third-order valence-corrected chi connectivity index (χ3v) is 2.44. The maximum Gasteiger partial charge on any atom is 0.236 e. The maximum atomic E-state index is 11.7. The van der Waals surface area contributed by atoms with Gasteiger partial charge in [0.15, 0.2) is 0 Å². The van der Waals surface area contributed by atoms with E-state index < -0.39 is 0 Å². The molecule has 0 atom stereocenters. The monoisotopic (exact) mass is 225 g/mol. The van der Waals surface area contributed by atoms with Crippen molar-refractivity contribution in [2.45, 2.75) is 6.54 Å². The number of nitrogens with one attached hydrogen (secondary N) is 1. The predicted octanol–water partition coefficient (Wildman–Crippen LogP) is -0.377. The SMILES string of the molecule is O=C(CNCc1ccon1)N1CCOCC1. The van der Waals surface area contributed by atoms with Gasteiger partial charge in [0.05, 0.1) is 25.5 Å². The zero-order chi connectivity index (χ0) is 11.2. The minimum absolute atomic E-state index is 0.104. The van der Waals surface area contributed by atoms with Gasteiger partial charge in [0.25, 0.3) is 0 Å². The van der Waals surface area contributed by atoms with Gasteiger partial charge in [0.1, 0.15) is 6.26 Å². The molecule has 0 spiro atoms. The summed E-state index contributed by atoms with van der Waals surface area (Å²) in [5.41, 5.74) is 0.801. The highest BCUT2D eigenvalue weighted by Gasteiger charge is 2.15. The molecule has 1 saturated heterocycles. The summed E-state index contributed by atoms with van der Waals surface area (Å²) < 4.78 is 9.86. The van der Waals surface area contributed by atoms with Gasteiger partial charge in [-0.1, -0.05) is 5.16 Å². The Labute approximate surface area is 93.5 Å². The molecule has 0 aromatic carbocycles. The number of ether oxygens (including phenoxy) is 1. The second kappa shape index (κ2) is 5.62. The van der Waals surface area contributed by atoms with Gasteiger partial charge in [-0.3, -0.25) is 4.79 Å². The van der Waals surface area contributed by atoms with Crippen LogP contribution >= 0.6 is 0 Å². The second-order valence-electron chi connectivity index (χ2n) is 3.59. The van der Waals surface area contributed by atoms with Gasteiger partial charge in [-0.05, 0) is 0 Å². The molecule has 1 aromatic heterocycles. The van der Waals surface area contributed by atoms with Crippen molar-refractivity contribution in [1.29, 1.82) is 0 Å². The Morgan fingerprint density at radius 2 is 2.31 bits per heavy atom. The Bertz CT molecular complexity index is 320. The Morgan fingerprint density at radius 3 is 3.00 bits per heavy atom. The molecule has 2 rings (SSSR count). The van der Waals surface area contributed by atoms with Gasteiger partial charge in [-0.2, -0.15) is 0 Å². The van der Waals surface area contributed by atoms with E-state index in [0.717, 1.165) is 5.69 Å². The molecule has 0 saturated carbocycles. The van der Waals surface area contributed by atoms with Crippen molar-refractivity contribution in [2.75, 3.05) is 32.8 Å². The third-order valence-electron chi connectivity index (χ3n) is 2.44. The molecular formula is C10H15N3O3. The fraction of sp³-hybridized carbons (Fsp3) is 0.600. The summed E-state index contributed by atoms with van der Waals surface area (Å²) in [5.74, 6) is 0.104. The lowest BCUT2D eigenvalue weighted by atomic mass is 10.4. The van der Waals surface area contributed by atoms with E-state index in [1.54, 1.807) is 11.0 Å². The molecule has 1 aliphatic heterocycles. The lowest BCUT2D eigenvalue weighted by molar-refractivity contribution is -0.134. The predicted molar refractivity (Wildman–Crippen MR) is 55.6 cm³/mol. The molecule has 6 nitrogen and oxygen atoms in total. The van der Waals surface area contributed by atoms with Crippen LogP contribution in [0.25, 0.3) is 0 Å². The van der Waals surface area contributed by atoms with Crippen LogP contribution in [0.1, 0.15) is 5.69 Å². The van der Waals surface area contributed by atoms with E-state index in [9.17, 15) is 4.79 Å². The van der Waals surface area contributed by atoms with Crippen LogP contribution in [0.2, 0.25) is 0 Å². The number of nitrogens with zero attached hydrogens (tertiary/aromatic N) is 2. The quantitative estimate of drug-likeness (QED) is 0.756. The third kappa shape index (κ3) is 3.04. The summed E-state index contributed by atoms with van der Waals surface area (Å²) >= 11 is 0. The van der Waals surface area contributed by atoms with Crippen molar-refractivity contribution in [1.82, 2.24) is 15.4 Å². The van der Waals surface area contributed by atoms with Crippen LogP contribution in [-0.2, 0) is 16.1 Å². The van der Waals surface area contributed by atoms with Gasteiger partial charge in [-0.25, -0.2) is 0 Å². The second-order valence-corrected chi connectivity index (χ2v) is 3.59. The van der Waals surface area contributed by atoms with Crippen molar-refractivity contribution in [2.24, 2.45) is 0 Å². The number of aromatic nitrogens is 1. The summed E-state index contributed by atoms with van der Waals surface area (Å²) in [6.45, 7) is 3.51. The van der Waals surface area contributed by atoms with E-state index in [4.69, 9.17) is 4.74 Å². The Morgan fingerprint density at radius 1 is 1.50 bits per heavy atom. The molecule has 0 bridgehead atoms. The molecule has 1 fully saturated rings. The lowest BCUT2D eigenvalue weighted by Crippen LogP contribution is -2.44. The highest BCUT2D eigenvalue weighted by molar-refractivity contribution is 5.78. The number of amides is 1. The van der Waals surface area contributed by atoms with E-state index in [1.807, 2.05) is 0 Å². The first-order chi connectivity index (χ1) is 7.86. The van der Waals surface area contributed by atoms with E-state index in [2.05, 4.69) is 15.0 Å². The minimum Gasteiger partial charge on any atom is -0.378 e. The molecule has 0 unspecified atom stereocenters. The fourth-order valence-electron chi connectivity index (χ4n) is 1.55. The summed E-state index contributed by atoms with van der Waals surface area (Å²) in [5, 5.41) is 6.77. The highest BCUT2D eigenvalue weighted by Crippen LogP contribution is 1.97. The van der Waals surface area contributed by atoms with Gasteiger partial charge < -0.3 is 19.5 Å². The normalized spacial score (nSPS) is 16.4. The van der Waals surface area contributed by atoms with Crippen molar-refractivity contribution in [3.63, 3.8) is 0 Å². The van der Waals surface area contributed by atoms with Gasteiger partial charge >= 0.3 is 0 Å². The van der Waals surface area contributed by atoms with Crippen LogP contribution in [0, 0.1) is 0 Å². The molecule has 1 N–H and O–H groups in total. The van der Waals surface area contributed by atoms with Crippen LogP contribution < -0.4 is 5.32 Å². The van der Waals surface area contributed by atoms with Crippen molar-refractivity contribution < 1.29 is 14.1 Å². The van der Waals surface area contributed by atoms with Crippen LogP contribution in [-0.4, -0.2) is 48.8 Å². The molecule has 88 valence electrons. The van der Waals surface area contributed by atoms with Crippen molar-refractivity contribution >= 4 is 5.91 Å². The first kappa shape index (κ1) is 11.1. The van der Waals surface area contributed by atoms with Crippen molar-refractivity contribution in [3.05, 3.63) is 18.0 Å². The van der Waals surface area contributed by atoms with E-state index >= 15 is 0 Å². The average molecular weight is 225 g/mol. The zero-order valence-corrected chi connectivity index (χ0v) is 9.02. The summed E-state index contributed by atoms with van der Waals surface area (Å²) in [4.78, 5) is 13.5. The minimum atomic E-state index is 0.104. The van der Waals surface area contributed by atoms with E-state index in [1.165, 1.54) is 6.26 Å². The number of carbonyl (C=O) groups is 1. The smallest absolute Gasteiger partial charge is 0.236 e. The molecule has 1 amide bonds. The first-order valence-electron chi connectivity index (χ1n) is 5.32. The van der Waals surface area contributed by atoms with Crippen LogP contribution in [0.15, 0.2) is 16.9 Å². The molecular weight excluding hydrogens is 210 g/mol. The van der Waals surface area contributed by atoms with E-state index in [-0.39, 0.29) is 5.91 Å². The van der Waals surface area contributed by atoms with E-state index in [0.29, 0.717) is 39.4 Å².